The van der Waals surface area contributed by atoms with Gasteiger partial charge in [0.15, 0.2) is 26.5 Å². The lowest BCUT2D eigenvalue weighted by Crippen LogP contribution is -2.28. The third-order valence-corrected chi connectivity index (χ3v) is 8.76. The van der Waals surface area contributed by atoms with Crippen LogP contribution in [0.5, 0.6) is 0 Å². The molecule has 1 saturated heterocycles. The van der Waals surface area contributed by atoms with E-state index < -0.39 is 28.4 Å². The molecule has 4 aliphatic rings. The molecule has 12 heteroatoms. The lowest BCUT2D eigenvalue weighted by atomic mass is 9.95. The second kappa shape index (κ2) is 7.97. The molecule has 0 radical (unpaired) electrons. The van der Waals surface area contributed by atoms with Crippen LogP contribution < -0.4 is 10.2 Å². The van der Waals surface area contributed by atoms with Crippen molar-refractivity contribution in [3.63, 3.8) is 0 Å². The van der Waals surface area contributed by atoms with E-state index in [1.165, 1.54) is 12.4 Å². The van der Waals surface area contributed by atoms with Crippen molar-refractivity contribution in [1.29, 1.82) is 0 Å². The third-order valence-electron chi connectivity index (χ3n) is 7.08. The SMILES string of the molecule is O=S1(=O)CCc2cc(F)c(N3CC[C@H](C(CF)n4cc(C5N=CN=C6NC=CC65)cn4)C3)nc21. The highest BCUT2D eigenvalue weighted by molar-refractivity contribution is 7.91. The number of fused-ring (bicyclic) bond motifs is 2. The lowest BCUT2D eigenvalue weighted by Gasteiger charge is -2.23. The van der Waals surface area contributed by atoms with Gasteiger partial charge in [0, 0.05) is 30.8 Å². The fourth-order valence-electron chi connectivity index (χ4n) is 5.26. The molecule has 1 N–H and O–H groups in total. The van der Waals surface area contributed by atoms with Gasteiger partial charge in [-0.3, -0.25) is 9.67 Å². The first-order chi connectivity index (χ1) is 16.4. The van der Waals surface area contributed by atoms with Gasteiger partial charge in [0.05, 0.1) is 30.0 Å². The summed E-state index contributed by atoms with van der Waals surface area (Å²) in [5, 5.41) is 7.50. The first-order valence-corrected chi connectivity index (χ1v) is 12.9. The van der Waals surface area contributed by atoms with Gasteiger partial charge in [-0.15, -0.1) is 0 Å². The summed E-state index contributed by atoms with van der Waals surface area (Å²) in [5.41, 5.74) is 1.29. The molecule has 6 heterocycles. The average Bonchev–Trinajstić information content (AvgIpc) is 3.61. The van der Waals surface area contributed by atoms with Crippen LogP contribution in [0, 0.1) is 17.7 Å². The quantitative estimate of drug-likeness (QED) is 0.692. The van der Waals surface area contributed by atoms with Gasteiger partial charge >= 0.3 is 0 Å². The maximum atomic E-state index is 14.8. The molecular formula is C22H23F2N7O2S. The number of anilines is 1. The van der Waals surface area contributed by atoms with Gasteiger partial charge < -0.3 is 10.2 Å². The third kappa shape index (κ3) is 3.42. The molecule has 0 amide bonds. The Morgan fingerprint density at radius 1 is 1.32 bits per heavy atom. The van der Waals surface area contributed by atoms with Crippen molar-refractivity contribution in [2.24, 2.45) is 21.8 Å². The number of halogens is 2. The number of alkyl halides is 1. The Morgan fingerprint density at radius 3 is 3.06 bits per heavy atom. The van der Waals surface area contributed by atoms with E-state index in [0.717, 1.165) is 11.4 Å². The first kappa shape index (κ1) is 21.4. The normalized spacial score (nSPS) is 27.4. The highest BCUT2D eigenvalue weighted by atomic mass is 32.2. The summed E-state index contributed by atoms with van der Waals surface area (Å²) in [4.78, 5) is 14.6. The summed E-state index contributed by atoms with van der Waals surface area (Å²) in [5.74, 6) is 0.127. The highest BCUT2D eigenvalue weighted by Gasteiger charge is 2.37. The molecule has 2 aromatic rings. The van der Waals surface area contributed by atoms with Crippen molar-refractivity contribution in [3.05, 3.63) is 47.7 Å². The number of sulfone groups is 1. The van der Waals surface area contributed by atoms with Gasteiger partial charge in [-0.1, -0.05) is 6.08 Å². The fourth-order valence-corrected chi connectivity index (χ4v) is 6.73. The molecule has 0 saturated carbocycles. The van der Waals surface area contributed by atoms with Gasteiger partial charge in [0.1, 0.15) is 18.8 Å². The van der Waals surface area contributed by atoms with Crippen LogP contribution >= 0.6 is 0 Å². The predicted octanol–water partition coefficient (Wildman–Crippen LogP) is 2.00. The maximum Gasteiger partial charge on any atom is 0.196 e. The zero-order valence-electron chi connectivity index (χ0n) is 18.2. The van der Waals surface area contributed by atoms with Crippen LogP contribution in [0.25, 0.3) is 0 Å². The number of pyridine rings is 1. The molecular weight excluding hydrogens is 464 g/mol. The molecule has 4 atom stereocenters. The lowest BCUT2D eigenvalue weighted by molar-refractivity contribution is 0.256. The summed E-state index contributed by atoms with van der Waals surface area (Å²) in [6.07, 6.45) is 9.78. The smallest absolute Gasteiger partial charge is 0.196 e. The van der Waals surface area contributed by atoms with Crippen LogP contribution in [0.15, 0.2) is 45.7 Å². The first-order valence-electron chi connectivity index (χ1n) is 11.2. The Balaban J connectivity index is 1.22. The van der Waals surface area contributed by atoms with Crippen LogP contribution in [0.4, 0.5) is 14.6 Å². The number of nitrogens with zero attached hydrogens (tertiary/aromatic N) is 6. The summed E-state index contributed by atoms with van der Waals surface area (Å²) in [6, 6.07) is 0.564. The zero-order chi connectivity index (χ0) is 23.4. The van der Waals surface area contributed by atoms with Gasteiger partial charge in [-0.25, -0.2) is 27.2 Å². The minimum Gasteiger partial charge on any atom is -0.354 e. The van der Waals surface area contributed by atoms with Crippen LogP contribution in [0.1, 0.15) is 29.6 Å². The monoisotopic (exact) mass is 487 g/mol. The van der Waals surface area contributed by atoms with E-state index in [-0.39, 0.29) is 40.9 Å². The van der Waals surface area contributed by atoms with Gasteiger partial charge in [-0.2, -0.15) is 5.10 Å². The molecule has 34 heavy (non-hydrogen) atoms. The van der Waals surface area contributed by atoms with Crippen LogP contribution in [0.2, 0.25) is 0 Å². The summed E-state index contributed by atoms with van der Waals surface area (Å²) < 4.78 is 55.1. The van der Waals surface area contributed by atoms with Crippen molar-refractivity contribution >= 4 is 27.8 Å². The standard InChI is InChI=1S/C22H23F2N7O2S/c23-8-18(31-11-15(9-28-31)19-16-1-4-25-20(16)27-12-26-19)14-2-5-30(10-14)21-17(24)7-13-3-6-34(32,33)22(13)29-21/h1,4,7,9,11-12,14,16,18-19H,2-3,5-6,8,10H2,(H,25,26,27)/t14-,16?,18?,19?/m0/s1. The minimum atomic E-state index is -3.47. The Bertz CT molecular complexity index is 1340. The Kier molecular flexibility index (Phi) is 5.01. The van der Waals surface area contributed by atoms with E-state index in [1.807, 2.05) is 18.5 Å². The molecule has 2 aromatic heterocycles. The fraction of sp³-hybridized carbons (Fsp3) is 0.455. The number of aryl methyl sites for hydroxylation is 1. The van der Waals surface area contributed by atoms with Crippen molar-refractivity contribution in [1.82, 2.24) is 20.1 Å². The molecule has 0 bridgehead atoms. The van der Waals surface area contributed by atoms with Gasteiger partial charge in [0.2, 0.25) is 0 Å². The number of nitrogens with one attached hydrogen (secondary N) is 1. The zero-order valence-corrected chi connectivity index (χ0v) is 19.0. The van der Waals surface area contributed by atoms with E-state index in [1.54, 1.807) is 15.8 Å². The summed E-state index contributed by atoms with van der Waals surface area (Å²) in [7, 11) is -3.47. The van der Waals surface area contributed by atoms with Crippen molar-refractivity contribution in [2.45, 2.75) is 30.0 Å². The molecule has 0 aliphatic carbocycles. The van der Waals surface area contributed by atoms with Crippen LogP contribution in [-0.2, 0) is 16.3 Å². The predicted molar refractivity (Wildman–Crippen MR) is 122 cm³/mol. The van der Waals surface area contributed by atoms with E-state index in [4.69, 9.17) is 0 Å². The van der Waals surface area contributed by atoms with Crippen molar-refractivity contribution in [3.8, 4) is 0 Å². The Hall–Kier alpha value is -3.15. The topological polar surface area (TPSA) is 105 Å². The van der Waals surface area contributed by atoms with Crippen LogP contribution in [0.3, 0.4) is 0 Å². The van der Waals surface area contributed by atoms with Gasteiger partial charge in [0.25, 0.3) is 0 Å². The van der Waals surface area contributed by atoms with E-state index >= 15 is 0 Å². The molecule has 9 nitrogen and oxygen atoms in total. The van der Waals surface area contributed by atoms with Gasteiger partial charge in [-0.05, 0) is 30.7 Å². The Labute approximate surface area is 195 Å². The number of hydrogen-bond donors (Lipinski definition) is 1. The number of amidine groups is 1. The molecule has 4 aliphatic heterocycles. The Morgan fingerprint density at radius 2 is 2.21 bits per heavy atom. The molecule has 1 fully saturated rings. The van der Waals surface area contributed by atoms with Crippen LogP contribution in [-0.4, -0.2) is 60.9 Å². The van der Waals surface area contributed by atoms with E-state index in [9.17, 15) is 17.2 Å². The number of rotatable bonds is 5. The van der Waals surface area contributed by atoms with E-state index in [0.29, 0.717) is 25.1 Å². The molecule has 6 rings (SSSR count). The van der Waals surface area contributed by atoms with Crippen molar-refractivity contribution in [2.75, 3.05) is 30.4 Å². The average molecular weight is 488 g/mol. The molecule has 178 valence electrons. The largest absolute Gasteiger partial charge is 0.354 e. The maximum absolute atomic E-state index is 14.8. The second-order valence-electron chi connectivity index (χ2n) is 9.05. The molecule has 0 spiro atoms. The number of aromatic nitrogens is 3. The number of hydrogen-bond acceptors (Lipinski definition) is 8. The van der Waals surface area contributed by atoms with E-state index in [2.05, 4.69) is 25.4 Å². The molecule has 0 aromatic carbocycles. The second-order valence-corrected chi connectivity index (χ2v) is 11.1. The highest BCUT2D eigenvalue weighted by Crippen LogP contribution is 2.36. The minimum absolute atomic E-state index is 0.00131. The summed E-state index contributed by atoms with van der Waals surface area (Å²) in [6.45, 7) is 0.198. The molecule has 3 unspecified atom stereocenters. The van der Waals surface area contributed by atoms with Crippen molar-refractivity contribution < 1.29 is 17.2 Å². The summed E-state index contributed by atoms with van der Waals surface area (Å²) >= 11 is 0. The number of aliphatic imine (C=N–C) groups is 2.